The molecule has 1 aliphatic rings. The number of pyridine rings is 1. The topological polar surface area (TPSA) is 74.7 Å². The second-order valence-corrected chi connectivity index (χ2v) is 4.70. The van der Waals surface area contributed by atoms with E-state index in [9.17, 15) is 0 Å². The predicted molar refractivity (Wildman–Crippen MR) is 67.3 cm³/mol. The first-order valence-electron chi connectivity index (χ1n) is 5.83. The summed E-state index contributed by atoms with van der Waals surface area (Å²) in [5, 5.41) is 11.9. The van der Waals surface area contributed by atoms with Crippen molar-refractivity contribution < 1.29 is 5.21 Å². The number of anilines is 1. The summed E-state index contributed by atoms with van der Waals surface area (Å²) in [4.78, 5) is 6.59. The molecule has 5 heteroatoms. The molecule has 1 saturated heterocycles. The number of nitrogens with two attached hydrogens (primary N) is 1. The van der Waals surface area contributed by atoms with E-state index >= 15 is 0 Å². The molecule has 0 saturated carbocycles. The van der Waals surface area contributed by atoms with Crippen molar-refractivity contribution in [2.75, 3.05) is 11.4 Å². The third-order valence-corrected chi connectivity index (χ3v) is 3.23. The standard InChI is InChI=1S/C12H18N4O/c1-8-6-9(2)16(7-8)12-10(11(13)15-17)4-3-5-14-12/h3-5,8-9,17H,6-7H2,1-2H3,(H2,13,15). The van der Waals surface area contributed by atoms with Gasteiger partial charge < -0.3 is 15.8 Å². The van der Waals surface area contributed by atoms with E-state index in [0.29, 0.717) is 17.5 Å². The predicted octanol–water partition coefficient (Wildman–Crippen LogP) is 1.41. The zero-order chi connectivity index (χ0) is 12.4. The van der Waals surface area contributed by atoms with Crippen LogP contribution in [0.25, 0.3) is 0 Å². The molecule has 0 spiro atoms. The lowest BCUT2D eigenvalue weighted by Gasteiger charge is -2.24. The summed E-state index contributed by atoms with van der Waals surface area (Å²) < 4.78 is 0. The SMILES string of the molecule is CC1CC(C)N(c2ncccc2/C(N)=N/O)C1. The van der Waals surface area contributed by atoms with Crippen molar-refractivity contribution in [1.82, 2.24) is 4.98 Å². The minimum Gasteiger partial charge on any atom is -0.409 e. The first kappa shape index (κ1) is 11.7. The van der Waals surface area contributed by atoms with E-state index in [0.717, 1.165) is 18.8 Å². The molecule has 1 aliphatic heterocycles. The summed E-state index contributed by atoms with van der Waals surface area (Å²) in [6, 6.07) is 4.05. The minimum absolute atomic E-state index is 0.111. The lowest BCUT2D eigenvalue weighted by molar-refractivity contribution is 0.318. The smallest absolute Gasteiger partial charge is 0.173 e. The zero-order valence-corrected chi connectivity index (χ0v) is 10.2. The van der Waals surface area contributed by atoms with E-state index in [4.69, 9.17) is 10.9 Å². The van der Waals surface area contributed by atoms with Crippen LogP contribution in [0.15, 0.2) is 23.5 Å². The van der Waals surface area contributed by atoms with Gasteiger partial charge in [0.25, 0.3) is 0 Å². The van der Waals surface area contributed by atoms with Gasteiger partial charge in [-0.15, -0.1) is 0 Å². The van der Waals surface area contributed by atoms with Gasteiger partial charge in [-0.3, -0.25) is 0 Å². The van der Waals surface area contributed by atoms with Crippen LogP contribution in [0.5, 0.6) is 0 Å². The third-order valence-electron chi connectivity index (χ3n) is 3.23. The zero-order valence-electron chi connectivity index (χ0n) is 10.2. The molecule has 5 nitrogen and oxygen atoms in total. The number of hydrogen-bond acceptors (Lipinski definition) is 4. The quantitative estimate of drug-likeness (QED) is 0.351. The van der Waals surface area contributed by atoms with Crippen LogP contribution in [0.1, 0.15) is 25.8 Å². The molecule has 92 valence electrons. The highest BCUT2D eigenvalue weighted by Gasteiger charge is 2.29. The number of oxime groups is 1. The maximum Gasteiger partial charge on any atom is 0.173 e. The third kappa shape index (κ3) is 2.18. The summed E-state index contributed by atoms with van der Waals surface area (Å²) in [5.41, 5.74) is 6.37. The Morgan fingerprint density at radius 3 is 2.94 bits per heavy atom. The fraction of sp³-hybridized carbons (Fsp3) is 0.500. The number of aromatic nitrogens is 1. The first-order chi connectivity index (χ1) is 8.13. The lowest BCUT2D eigenvalue weighted by Crippen LogP contribution is -2.30. The van der Waals surface area contributed by atoms with Crippen LogP contribution in [0.3, 0.4) is 0 Å². The second kappa shape index (κ2) is 4.61. The van der Waals surface area contributed by atoms with E-state index in [2.05, 4.69) is 28.9 Å². The van der Waals surface area contributed by atoms with Crippen LogP contribution < -0.4 is 10.6 Å². The van der Waals surface area contributed by atoms with Crippen LogP contribution in [0.4, 0.5) is 5.82 Å². The molecule has 3 N–H and O–H groups in total. The largest absolute Gasteiger partial charge is 0.409 e. The Bertz CT molecular complexity index is 432. The molecular formula is C12H18N4O. The van der Waals surface area contributed by atoms with Gasteiger partial charge in [0.1, 0.15) is 5.82 Å². The van der Waals surface area contributed by atoms with Crippen molar-refractivity contribution in [1.29, 1.82) is 0 Å². The Morgan fingerprint density at radius 2 is 2.35 bits per heavy atom. The Labute approximate surface area is 101 Å². The number of rotatable bonds is 2. The molecule has 1 aromatic heterocycles. The van der Waals surface area contributed by atoms with Gasteiger partial charge in [-0.2, -0.15) is 0 Å². The van der Waals surface area contributed by atoms with Gasteiger partial charge in [0.15, 0.2) is 5.84 Å². The van der Waals surface area contributed by atoms with Gasteiger partial charge in [-0.25, -0.2) is 4.98 Å². The molecule has 2 rings (SSSR count). The van der Waals surface area contributed by atoms with Gasteiger partial charge in [0, 0.05) is 18.8 Å². The van der Waals surface area contributed by atoms with Gasteiger partial charge in [0.2, 0.25) is 0 Å². The molecule has 2 atom stereocenters. The summed E-state index contributed by atoms with van der Waals surface area (Å²) >= 11 is 0. The van der Waals surface area contributed by atoms with Crippen molar-refractivity contribution in [2.45, 2.75) is 26.3 Å². The Balaban J connectivity index is 2.39. The summed E-state index contributed by atoms with van der Waals surface area (Å²) in [6.07, 6.45) is 2.88. The van der Waals surface area contributed by atoms with E-state index in [1.165, 1.54) is 0 Å². The highest BCUT2D eigenvalue weighted by atomic mass is 16.4. The molecular weight excluding hydrogens is 216 g/mol. The molecule has 0 bridgehead atoms. The van der Waals surface area contributed by atoms with E-state index < -0.39 is 0 Å². The molecule has 2 heterocycles. The molecule has 17 heavy (non-hydrogen) atoms. The van der Waals surface area contributed by atoms with E-state index in [1.807, 2.05) is 6.07 Å². The highest BCUT2D eigenvalue weighted by molar-refractivity contribution is 6.01. The van der Waals surface area contributed by atoms with Crippen molar-refractivity contribution in [3.8, 4) is 0 Å². The Kier molecular flexibility index (Phi) is 3.17. The van der Waals surface area contributed by atoms with Gasteiger partial charge in [-0.05, 0) is 31.4 Å². The van der Waals surface area contributed by atoms with Crippen LogP contribution in [0.2, 0.25) is 0 Å². The van der Waals surface area contributed by atoms with Crippen LogP contribution in [0, 0.1) is 5.92 Å². The maximum absolute atomic E-state index is 8.79. The van der Waals surface area contributed by atoms with Crippen LogP contribution in [-0.4, -0.2) is 28.6 Å². The van der Waals surface area contributed by atoms with Crippen LogP contribution in [-0.2, 0) is 0 Å². The molecule has 0 aliphatic carbocycles. The van der Waals surface area contributed by atoms with Gasteiger partial charge in [-0.1, -0.05) is 12.1 Å². The molecule has 0 aromatic carbocycles. The van der Waals surface area contributed by atoms with E-state index in [1.54, 1.807) is 12.3 Å². The summed E-state index contributed by atoms with van der Waals surface area (Å²) in [6.45, 7) is 5.36. The fourth-order valence-corrected chi connectivity index (χ4v) is 2.47. The van der Waals surface area contributed by atoms with Crippen molar-refractivity contribution in [3.63, 3.8) is 0 Å². The monoisotopic (exact) mass is 234 g/mol. The lowest BCUT2D eigenvalue weighted by atomic mass is 10.1. The summed E-state index contributed by atoms with van der Waals surface area (Å²) in [7, 11) is 0. The number of amidine groups is 1. The highest BCUT2D eigenvalue weighted by Crippen LogP contribution is 2.29. The summed E-state index contributed by atoms with van der Waals surface area (Å²) in [5.74, 6) is 1.56. The maximum atomic E-state index is 8.79. The molecule has 1 fully saturated rings. The molecule has 1 aromatic rings. The Morgan fingerprint density at radius 1 is 1.59 bits per heavy atom. The van der Waals surface area contributed by atoms with Gasteiger partial charge in [0.05, 0.1) is 5.56 Å². The minimum atomic E-state index is 0.111. The average Bonchev–Trinajstić information content (AvgIpc) is 2.67. The molecule has 0 radical (unpaired) electrons. The van der Waals surface area contributed by atoms with Crippen LogP contribution >= 0.6 is 0 Å². The first-order valence-corrected chi connectivity index (χ1v) is 5.83. The number of hydrogen-bond donors (Lipinski definition) is 2. The number of nitrogens with zero attached hydrogens (tertiary/aromatic N) is 3. The van der Waals surface area contributed by atoms with Crippen molar-refractivity contribution in [3.05, 3.63) is 23.9 Å². The molecule has 0 amide bonds. The van der Waals surface area contributed by atoms with Gasteiger partial charge >= 0.3 is 0 Å². The Hall–Kier alpha value is -1.78. The van der Waals surface area contributed by atoms with E-state index in [-0.39, 0.29) is 5.84 Å². The normalized spacial score (nSPS) is 25.3. The van der Waals surface area contributed by atoms with Crippen molar-refractivity contribution in [2.24, 2.45) is 16.8 Å². The average molecular weight is 234 g/mol. The second-order valence-electron chi connectivity index (χ2n) is 4.70. The van der Waals surface area contributed by atoms with Crippen molar-refractivity contribution >= 4 is 11.7 Å². The molecule has 2 unspecified atom stereocenters. The fourth-order valence-electron chi connectivity index (χ4n) is 2.47.